The lowest BCUT2D eigenvalue weighted by Gasteiger charge is -2.41. The highest BCUT2D eigenvalue weighted by Crippen LogP contribution is 2.25. The van der Waals surface area contributed by atoms with E-state index in [1.54, 1.807) is 11.2 Å². The Labute approximate surface area is 145 Å². The van der Waals surface area contributed by atoms with E-state index in [1.165, 1.54) is 0 Å². The topological polar surface area (TPSA) is 58.6 Å². The Morgan fingerprint density at radius 2 is 1.83 bits per heavy atom. The summed E-state index contributed by atoms with van der Waals surface area (Å²) in [6.45, 7) is 16.2. The highest BCUT2D eigenvalue weighted by molar-refractivity contribution is 5.68. The molecule has 0 aromatic carbocycles. The second-order valence-electron chi connectivity index (χ2n) is 8.48. The van der Waals surface area contributed by atoms with Crippen molar-refractivity contribution in [3.8, 4) is 0 Å². The fraction of sp³-hybridized carbons (Fsp3) is 0.722. The van der Waals surface area contributed by atoms with Gasteiger partial charge in [0.05, 0.1) is 5.69 Å². The number of amides is 1. The standard InChI is InChI=1S/C18H30N4O2/c1-13-11-21(16(23)24-18(5,6)7)8-9-22(13)15-10-14(17(2,3)4)19-12-20-15/h10,12-13H,8-9,11H2,1-7H3/t13-/m0/s1. The van der Waals surface area contributed by atoms with Crippen molar-refractivity contribution in [1.82, 2.24) is 14.9 Å². The number of rotatable bonds is 1. The summed E-state index contributed by atoms with van der Waals surface area (Å²) in [5, 5.41) is 0. The van der Waals surface area contributed by atoms with Crippen LogP contribution in [0.5, 0.6) is 0 Å². The van der Waals surface area contributed by atoms with Crippen molar-refractivity contribution in [3.05, 3.63) is 18.1 Å². The average molecular weight is 334 g/mol. The Kier molecular flexibility index (Phi) is 5.06. The quantitative estimate of drug-likeness (QED) is 0.789. The summed E-state index contributed by atoms with van der Waals surface area (Å²) in [4.78, 5) is 25.1. The van der Waals surface area contributed by atoms with Crippen molar-refractivity contribution < 1.29 is 9.53 Å². The lowest BCUT2D eigenvalue weighted by molar-refractivity contribution is 0.0218. The molecule has 0 aliphatic carbocycles. The zero-order chi connectivity index (χ0) is 18.1. The van der Waals surface area contributed by atoms with E-state index in [4.69, 9.17) is 4.74 Å². The van der Waals surface area contributed by atoms with Gasteiger partial charge in [0, 0.05) is 37.2 Å². The predicted molar refractivity (Wildman–Crippen MR) is 95.3 cm³/mol. The maximum absolute atomic E-state index is 12.2. The third kappa shape index (κ3) is 4.58. The molecule has 134 valence electrons. The molecule has 0 bridgehead atoms. The van der Waals surface area contributed by atoms with Gasteiger partial charge in [0.25, 0.3) is 0 Å². The third-order valence-corrected chi connectivity index (χ3v) is 3.99. The molecule has 1 aliphatic heterocycles. The van der Waals surface area contributed by atoms with Crippen molar-refractivity contribution in [2.75, 3.05) is 24.5 Å². The van der Waals surface area contributed by atoms with Crippen molar-refractivity contribution in [1.29, 1.82) is 0 Å². The molecule has 0 unspecified atom stereocenters. The van der Waals surface area contributed by atoms with E-state index in [2.05, 4.69) is 48.6 Å². The van der Waals surface area contributed by atoms with Crippen LogP contribution >= 0.6 is 0 Å². The highest BCUT2D eigenvalue weighted by Gasteiger charge is 2.31. The minimum atomic E-state index is -0.467. The number of nitrogens with zero attached hydrogens (tertiary/aromatic N) is 4. The van der Waals surface area contributed by atoms with Gasteiger partial charge in [-0.05, 0) is 27.7 Å². The number of carbonyl (C=O) groups excluding carboxylic acids is 1. The monoisotopic (exact) mass is 334 g/mol. The number of hydrogen-bond donors (Lipinski definition) is 0. The number of aromatic nitrogens is 2. The summed E-state index contributed by atoms with van der Waals surface area (Å²) >= 11 is 0. The van der Waals surface area contributed by atoms with Gasteiger partial charge in [-0.25, -0.2) is 14.8 Å². The zero-order valence-electron chi connectivity index (χ0n) is 16.0. The Bertz CT molecular complexity index is 589. The van der Waals surface area contributed by atoms with Crippen LogP contribution in [0.4, 0.5) is 10.6 Å². The molecule has 6 heteroatoms. The van der Waals surface area contributed by atoms with Gasteiger partial charge in [0.2, 0.25) is 0 Å². The highest BCUT2D eigenvalue weighted by atomic mass is 16.6. The molecule has 0 radical (unpaired) electrons. The van der Waals surface area contributed by atoms with Gasteiger partial charge in [-0.2, -0.15) is 0 Å². The fourth-order valence-electron chi connectivity index (χ4n) is 2.70. The Balaban J connectivity index is 2.08. The molecule has 1 saturated heterocycles. The number of carbonyl (C=O) groups is 1. The normalized spacial score (nSPS) is 19.4. The summed E-state index contributed by atoms with van der Waals surface area (Å²) in [6, 6.07) is 2.23. The van der Waals surface area contributed by atoms with E-state index >= 15 is 0 Å². The van der Waals surface area contributed by atoms with Crippen LogP contribution in [0.2, 0.25) is 0 Å². The van der Waals surface area contributed by atoms with E-state index in [-0.39, 0.29) is 17.6 Å². The first-order valence-electron chi connectivity index (χ1n) is 8.54. The predicted octanol–water partition coefficient (Wildman–Crippen LogP) is 3.22. The molecule has 2 heterocycles. The fourth-order valence-corrected chi connectivity index (χ4v) is 2.70. The van der Waals surface area contributed by atoms with E-state index < -0.39 is 5.60 Å². The Morgan fingerprint density at radius 3 is 2.38 bits per heavy atom. The largest absolute Gasteiger partial charge is 0.444 e. The van der Waals surface area contributed by atoms with E-state index in [9.17, 15) is 4.79 Å². The molecule has 1 atom stereocenters. The lowest BCUT2D eigenvalue weighted by atomic mass is 9.92. The molecule has 2 rings (SSSR count). The molecular formula is C18H30N4O2. The van der Waals surface area contributed by atoms with Crippen LogP contribution < -0.4 is 4.90 Å². The zero-order valence-corrected chi connectivity index (χ0v) is 16.0. The average Bonchev–Trinajstić information content (AvgIpc) is 2.44. The van der Waals surface area contributed by atoms with Crippen LogP contribution in [0, 0.1) is 0 Å². The molecule has 0 N–H and O–H groups in total. The van der Waals surface area contributed by atoms with Crippen LogP contribution in [0.3, 0.4) is 0 Å². The number of piperazine rings is 1. The van der Waals surface area contributed by atoms with Crippen molar-refractivity contribution in [2.24, 2.45) is 0 Å². The van der Waals surface area contributed by atoms with Gasteiger partial charge >= 0.3 is 6.09 Å². The van der Waals surface area contributed by atoms with Crippen LogP contribution in [-0.2, 0) is 10.2 Å². The van der Waals surface area contributed by atoms with Crippen LogP contribution in [0.1, 0.15) is 54.2 Å². The Hall–Kier alpha value is -1.85. The molecular weight excluding hydrogens is 304 g/mol. The number of anilines is 1. The first kappa shape index (κ1) is 18.5. The summed E-state index contributed by atoms with van der Waals surface area (Å²) in [5.74, 6) is 0.922. The first-order chi connectivity index (χ1) is 11.0. The smallest absolute Gasteiger partial charge is 0.410 e. The SMILES string of the molecule is C[C@H]1CN(C(=O)OC(C)(C)C)CCN1c1cc(C(C)(C)C)ncn1. The molecule has 0 spiro atoms. The van der Waals surface area contributed by atoms with Crippen LogP contribution in [0.25, 0.3) is 0 Å². The molecule has 1 aliphatic rings. The van der Waals surface area contributed by atoms with Crippen molar-refractivity contribution >= 4 is 11.9 Å². The molecule has 6 nitrogen and oxygen atoms in total. The van der Waals surface area contributed by atoms with Gasteiger partial charge in [-0.3, -0.25) is 0 Å². The van der Waals surface area contributed by atoms with Crippen LogP contribution in [-0.4, -0.2) is 52.2 Å². The summed E-state index contributed by atoms with van der Waals surface area (Å²) in [7, 11) is 0. The minimum absolute atomic E-state index is 0.0146. The second kappa shape index (κ2) is 6.57. The van der Waals surface area contributed by atoms with Gasteiger partial charge < -0.3 is 14.5 Å². The number of hydrogen-bond acceptors (Lipinski definition) is 5. The summed E-state index contributed by atoms with van der Waals surface area (Å²) in [6.07, 6.45) is 1.38. The maximum Gasteiger partial charge on any atom is 0.410 e. The number of ether oxygens (including phenoxy) is 1. The molecule has 1 aromatic heterocycles. The Morgan fingerprint density at radius 1 is 1.17 bits per heavy atom. The van der Waals surface area contributed by atoms with E-state index in [1.807, 2.05) is 20.8 Å². The van der Waals surface area contributed by atoms with Gasteiger partial charge in [0.15, 0.2) is 0 Å². The molecule has 24 heavy (non-hydrogen) atoms. The van der Waals surface area contributed by atoms with Gasteiger partial charge in [-0.1, -0.05) is 20.8 Å². The van der Waals surface area contributed by atoms with Gasteiger partial charge in [0.1, 0.15) is 17.7 Å². The second-order valence-corrected chi connectivity index (χ2v) is 8.48. The van der Waals surface area contributed by atoms with E-state index in [0.717, 1.165) is 18.1 Å². The molecule has 1 aromatic rings. The molecule has 0 saturated carbocycles. The van der Waals surface area contributed by atoms with Gasteiger partial charge in [-0.15, -0.1) is 0 Å². The van der Waals surface area contributed by atoms with E-state index in [0.29, 0.717) is 13.1 Å². The molecule has 1 fully saturated rings. The van der Waals surface area contributed by atoms with Crippen LogP contribution in [0.15, 0.2) is 12.4 Å². The summed E-state index contributed by atoms with van der Waals surface area (Å²) in [5.41, 5.74) is 0.541. The minimum Gasteiger partial charge on any atom is -0.444 e. The first-order valence-corrected chi connectivity index (χ1v) is 8.54. The third-order valence-electron chi connectivity index (χ3n) is 3.99. The van der Waals surface area contributed by atoms with Crippen molar-refractivity contribution in [2.45, 2.75) is 65.5 Å². The maximum atomic E-state index is 12.2. The lowest BCUT2D eigenvalue weighted by Crippen LogP contribution is -2.54. The summed E-state index contributed by atoms with van der Waals surface area (Å²) < 4.78 is 5.47. The molecule has 1 amide bonds. The van der Waals surface area contributed by atoms with Crippen molar-refractivity contribution in [3.63, 3.8) is 0 Å².